The molecule has 1 aromatic rings. The van der Waals surface area contributed by atoms with Gasteiger partial charge in [0.25, 0.3) is 0 Å². The Morgan fingerprint density at radius 1 is 1.50 bits per heavy atom. The zero-order valence-corrected chi connectivity index (χ0v) is 10.2. The van der Waals surface area contributed by atoms with Crippen molar-refractivity contribution in [3.05, 3.63) is 34.6 Å². The molecule has 16 heavy (non-hydrogen) atoms. The Bertz CT molecular complexity index is 394. The molecule has 1 fully saturated rings. The van der Waals surface area contributed by atoms with Crippen molar-refractivity contribution in [2.75, 3.05) is 0 Å². The fourth-order valence-electron chi connectivity index (χ4n) is 2.73. The van der Waals surface area contributed by atoms with E-state index >= 15 is 0 Å². The minimum absolute atomic E-state index is 0.274. The summed E-state index contributed by atoms with van der Waals surface area (Å²) in [6, 6.07) is 4.80. The van der Waals surface area contributed by atoms with Crippen LogP contribution in [0.4, 0.5) is 4.39 Å². The molecule has 1 aromatic carbocycles. The van der Waals surface area contributed by atoms with Crippen LogP contribution in [0.15, 0.2) is 18.2 Å². The Hall–Kier alpha value is -0.600. The lowest BCUT2D eigenvalue weighted by molar-refractivity contribution is 0.233. The summed E-state index contributed by atoms with van der Waals surface area (Å²) in [6.45, 7) is 2.18. The van der Waals surface area contributed by atoms with Crippen molar-refractivity contribution in [3.63, 3.8) is 0 Å². The second-order valence-corrected chi connectivity index (χ2v) is 5.42. The normalized spacial score (nSPS) is 30.4. The van der Waals surface area contributed by atoms with Gasteiger partial charge in [-0.3, -0.25) is 0 Å². The molecular formula is C13H17ClFN. The molecule has 2 N–H and O–H groups in total. The summed E-state index contributed by atoms with van der Waals surface area (Å²) in [5, 5.41) is 0.425. The number of hydrogen-bond acceptors (Lipinski definition) is 1. The Morgan fingerprint density at radius 3 is 2.88 bits per heavy atom. The molecule has 0 amide bonds. The van der Waals surface area contributed by atoms with E-state index in [-0.39, 0.29) is 5.82 Å². The monoisotopic (exact) mass is 241 g/mol. The number of benzene rings is 1. The third kappa shape index (κ3) is 2.23. The molecule has 0 heterocycles. The number of rotatable bonds is 1. The Morgan fingerprint density at radius 2 is 2.25 bits per heavy atom. The Labute approximate surface area is 101 Å². The molecule has 0 spiro atoms. The van der Waals surface area contributed by atoms with Gasteiger partial charge in [-0.25, -0.2) is 4.39 Å². The first kappa shape index (κ1) is 11.9. The molecule has 88 valence electrons. The van der Waals surface area contributed by atoms with Gasteiger partial charge >= 0.3 is 0 Å². The molecule has 0 bridgehead atoms. The Balaban J connectivity index is 2.34. The maximum absolute atomic E-state index is 13.8. The molecule has 2 unspecified atom stereocenters. The SMILES string of the molecule is CC1CCCC(N)(c2ccc(Cl)cc2F)C1. The predicted octanol–water partition coefficient (Wildman–Crippen LogP) is 3.84. The summed E-state index contributed by atoms with van der Waals surface area (Å²) < 4.78 is 13.8. The summed E-state index contributed by atoms with van der Waals surface area (Å²) >= 11 is 5.75. The second-order valence-electron chi connectivity index (χ2n) is 4.98. The first-order valence-corrected chi connectivity index (χ1v) is 6.13. The highest BCUT2D eigenvalue weighted by Gasteiger charge is 2.34. The average molecular weight is 242 g/mol. The molecule has 0 aliphatic heterocycles. The van der Waals surface area contributed by atoms with Crippen LogP contribution in [-0.4, -0.2) is 0 Å². The van der Waals surface area contributed by atoms with Gasteiger partial charge in [0, 0.05) is 16.1 Å². The maximum Gasteiger partial charge on any atom is 0.129 e. The predicted molar refractivity (Wildman–Crippen MR) is 64.9 cm³/mol. The molecule has 1 aliphatic carbocycles. The van der Waals surface area contributed by atoms with Crippen molar-refractivity contribution in [3.8, 4) is 0 Å². The summed E-state index contributed by atoms with van der Waals surface area (Å²) in [6.07, 6.45) is 3.97. The van der Waals surface area contributed by atoms with Crippen LogP contribution in [-0.2, 0) is 5.54 Å². The van der Waals surface area contributed by atoms with Crippen LogP contribution in [0.2, 0.25) is 5.02 Å². The number of halogens is 2. The first-order chi connectivity index (χ1) is 7.51. The van der Waals surface area contributed by atoms with Crippen molar-refractivity contribution >= 4 is 11.6 Å². The zero-order chi connectivity index (χ0) is 11.8. The van der Waals surface area contributed by atoms with Crippen molar-refractivity contribution in [1.29, 1.82) is 0 Å². The van der Waals surface area contributed by atoms with E-state index in [2.05, 4.69) is 6.92 Å². The van der Waals surface area contributed by atoms with Crippen LogP contribution >= 0.6 is 11.6 Å². The van der Waals surface area contributed by atoms with Gasteiger partial charge in [0.1, 0.15) is 5.82 Å². The highest BCUT2D eigenvalue weighted by Crippen LogP contribution is 2.39. The van der Waals surface area contributed by atoms with E-state index in [1.54, 1.807) is 12.1 Å². The standard InChI is InChI=1S/C13H17ClFN/c1-9-3-2-6-13(16,8-9)11-5-4-10(14)7-12(11)15/h4-5,7,9H,2-3,6,8,16H2,1H3. The van der Waals surface area contributed by atoms with Crippen LogP contribution in [0, 0.1) is 11.7 Å². The van der Waals surface area contributed by atoms with E-state index in [1.165, 1.54) is 12.5 Å². The third-order valence-electron chi connectivity index (χ3n) is 3.50. The quantitative estimate of drug-likeness (QED) is 0.794. The topological polar surface area (TPSA) is 26.0 Å². The van der Waals surface area contributed by atoms with E-state index in [4.69, 9.17) is 17.3 Å². The van der Waals surface area contributed by atoms with Crippen molar-refractivity contribution in [2.24, 2.45) is 11.7 Å². The van der Waals surface area contributed by atoms with Gasteiger partial charge in [-0.15, -0.1) is 0 Å². The molecular weight excluding hydrogens is 225 g/mol. The fourth-order valence-corrected chi connectivity index (χ4v) is 2.89. The van der Waals surface area contributed by atoms with E-state index in [9.17, 15) is 4.39 Å². The van der Waals surface area contributed by atoms with E-state index in [0.29, 0.717) is 16.5 Å². The number of nitrogens with two attached hydrogens (primary N) is 1. The lowest BCUT2D eigenvalue weighted by atomic mass is 9.73. The van der Waals surface area contributed by atoms with Gasteiger partial charge in [0.15, 0.2) is 0 Å². The van der Waals surface area contributed by atoms with E-state index in [0.717, 1.165) is 19.3 Å². The smallest absolute Gasteiger partial charge is 0.129 e. The van der Waals surface area contributed by atoms with Gasteiger partial charge in [-0.2, -0.15) is 0 Å². The van der Waals surface area contributed by atoms with Gasteiger partial charge in [0.05, 0.1) is 0 Å². The maximum atomic E-state index is 13.8. The molecule has 0 saturated heterocycles. The zero-order valence-electron chi connectivity index (χ0n) is 9.47. The lowest BCUT2D eigenvalue weighted by Gasteiger charge is -2.37. The molecule has 2 atom stereocenters. The minimum Gasteiger partial charge on any atom is -0.321 e. The van der Waals surface area contributed by atoms with Crippen LogP contribution in [0.1, 0.15) is 38.2 Å². The molecule has 1 aliphatic rings. The van der Waals surface area contributed by atoms with Crippen LogP contribution in [0.5, 0.6) is 0 Å². The van der Waals surface area contributed by atoms with E-state index in [1.807, 2.05) is 0 Å². The van der Waals surface area contributed by atoms with Gasteiger partial charge in [-0.1, -0.05) is 37.4 Å². The van der Waals surface area contributed by atoms with Crippen LogP contribution in [0.25, 0.3) is 0 Å². The summed E-state index contributed by atoms with van der Waals surface area (Å²) in [5.41, 5.74) is 6.45. The lowest BCUT2D eigenvalue weighted by Crippen LogP contribution is -2.41. The highest BCUT2D eigenvalue weighted by molar-refractivity contribution is 6.30. The fraction of sp³-hybridized carbons (Fsp3) is 0.538. The summed E-state index contributed by atoms with van der Waals surface area (Å²) in [7, 11) is 0. The highest BCUT2D eigenvalue weighted by atomic mass is 35.5. The molecule has 0 radical (unpaired) electrons. The van der Waals surface area contributed by atoms with Crippen LogP contribution in [0.3, 0.4) is 0 Å². The van der Waals surface area contributed by atoms with Gasteiger partial charge in [-0.05, 0) is 30.9 Å². The number of hydrogen-bond donors (Lipinski definition) is 1. The Kier molecular flexibility index (Phi) is 3.22. The molecule has 1 saturated carbocycles. The summed E-state index contributed by atoms with van der Waals surface area (Å²) in [4.78, 5) is 0. The third-order valence-corrected chi connectivity index (χ3v) is 3.74. The van der Waals surface area contributed by atoms with E-state index < -0.39 is 5.54 Å². The molecule has 1 nitrogen and oxygen atoms in total. The van der Waals surface area contributed by atoms with Crippen molar-refractivity contribution < 1.29 is 4.39 Å². The van der Waals surface area contributed by atoms with Crippen LogP contribution < -0.4 is 5.73 Å². The molecule has 0 aromatic heterocycles. The average Bonchev–Trinajstić information content (AvgIpc) is 2.16. The molecule has 2 rings (SSSR count). The van der Waals surface area contributed by atoms with Crippen molar-refractivity contribution in [2.45, 2.75) is 38.1 Å². The minimum atomic E-state index is -0.508. The summed E-state index contributed by atoms with van der Waals surface area (Å²) in [5.74, 6) is 0.290. The largest absolute Gasteiger partial charge is 0.321 e. The van der Waals surface area contributed by atoms with Gasteiger partial charge < -0.3 is 5.73 Å². The molecule has 3 heteroatoms. The van der Waals surface area contributed by atoms with Gasteiger partial charge in [0.2, 0.25) is 0 Å². The van der Waals surface area contributed by atoms with Crippen molar-refractivity contribution in [1.82, 2.24) is 0 Å². The first-order valence-electron chi connectivity index (χ1n) is 5.76. The second kappa shape index (κ2) is 4.34.